The number of fused-ring (bicyclic) bond motifs is 1. The molecule has 0 amide bonds. The second-order valence-electron chi connectivity index (χ2n) is 5.72. The van der Waals surface area contributed by atoms with Gasteiger partial charge < -0.3 is 0 Å². The van der Waals surface area contributed by atoms with E-state index in [1.807, 2.05) is 6.20 Å². The van der Waals surface area contributed by atoms with Crippen LogP contribution in [0.4, 0.5) is 0 Å². The van der Waals surface area contributed by atoms with Gasteiger partial charge in [0.15, 0.2) is 0 Å². The van der Waals surface area contributed by atoms with E-state index in [9.17, 15) is 0 Å². The lowest BCUT2D eigenvalue weighted by Gasteiger charge is -2.09. The van der Waals surface area contributed by atoms with Crippen LogP contribution in [0, 0.1) is 5.92 Å². The summed E-state index contributed by atoms with van der Waals surface area (Å²) in [6.45, 7) is 5.37. The van der Waals surface area contributed by atoms with Gasteiger partial charge in [0.05, 0.1) is 11.7 Å². The summed E-state index contributed by atoms with van der Waals surface area (Å²) in [6.07, 6.45) is 7.67. The predicted octanol–water partition coefficient (Wildman–Crippen LogP) is 3.64. The van der Waals surface area contributed by atoms with Crippen molar-refractivity contribution in [3.05, 3.63) is 30.0 Å². The molecule has 3 rings (SSSR count). The molecule has 0 radical (unpaired) electrons. The Morgan fingerprint density at radius 3 is 3.00 bits per heavy atom. The first-order valence-electron chi connectivity index (χ1n) is 7.20. The van der Waals surface area contributed by atoms with Crippen LogP contribution in [0.2, 0.25) is 0 Å². The minimum Gasteiger partial charge on any atom is -0.297 e. The summed E-state index contributed by atoms with van der Waals surface area (Å²) in [6, 6.07) is 7.14. The topological polar surface area (TPSA) is 30.2 Å². The Kier molecular flexibility index (Phi) is 3.36. The summed E-state index contributed by atoms with van der Waals surface area (Å²) >= 11 is 0. The first kappa shape index (κ1) is 12.4. The molecule has 100 valence electrons. The molecule has 0 spiro atoms. The fraction of sp³-hybridized carbons (Fsp3) is 0.500. The molecule has 2 heterocycles. The van der Waals surface area contributed by atoms with Gasteiger partial charge in [-0.05, 0) is 50.7 Å². The average molecular weight is 255 g/mol. The molecular formula is C16H21N3. The highest BCUT2D eigenvalue weighted by molar-refractivity contribution is 5.79. The Bertz CT molecular complexity index is 595. The van der Waals surface area contributed by atoms with Crippen LogP contribution in [0.5, 0.6) is 0 Å². The van der Waals surface area contributed by atoms with Crippen molar-refractivity contribution < 1.29 is 0 Å². The highest BCUT2D eigenvalue weighted by Gasteiger charge is 2.11. The normalized spacial score (nSPS) is 18.8. The first-order valence-corrected chi connectivity index (χ1v) is 7.20. The van der Waals surface area contributed by atoms with Crippen LogP contribution in [-0.2, 0) is 6.42 Å². The van der Waals surface area contributed by atoms with Gasteiger partial charge in [0, 0.05) is 24.2 Å². The van der Waals surface area contributed by atoms with Crippen LogP contribution in [0.1, 0.15) is 38.3 Å². The van der Waals surface area contributed by atoms with Gasteiger partial charge in [-0.2, -0.15) is 5.10 Å². The van der Waals surface area contributed by atoms with Gasteiger partial charge in [0.1, 0.15) is 0 Å². The second kappa shape index (κ2) is 5.16. The lowest BCUT2D eigenvalue weighted by atomic mass is 9.98. The average Bonchev–Trinajstić information content (AvgIpc) is 3.05. The Morgan fingerprint density at radius 1 is 1.37 bits per heavy atom. The third kappa shape index (κ3) is 2.55. The summed E-state index contributed by atoms with van der Waals surface area (Å²) in [5.74, 6) is 0.686. The fourth-order valence-corrected chi connectivity index (χ4v) is 2.76. The zero-order valence-corrected chi connectivity index (χ0v) is 11.7. The maximum absolute atomic E-state index is 4.47. The van der Waals surface area contributed by atoms with E-state index in [4.69, 9.17) is 0 Å². The molecule has 1 aromatic carbocycles. The minimum absolute atomic E-state index is 0.412. The third-order valence-corrected chi connectivity index (χ3v) is 3.90. The lowest BCUT2D eigenvalue weighted by Crippen LogP contribution is -2.03. The molecule has 0 bridgehead atoms. The predicted molar refractivity (Wildman–Crippen MR) is 79.9 cm³/mol. The van der Waals surface area contributed by atoms with Crippen LogP contribution >= 0.6 is 0 Å². The van der Waals surface area contributed by atoms with Gasteiger partial charge in [-0.1, -0.05) is 12.1 Å². The molecule has 0 fully saturated rings. The van der Waals surface area contributed by atoms with E-state index >= 15 is 0 Å². The number of aromatic nitrogens is 2. The van der Waals surface area contributed by atoms with Crippen molar-refractivity contribution in [2.75, 3.05) is 6.54 Å². The summed E-state index contributed by atoms with van der Waals surface area (Å²) in [4.78, 5) is 4.32. The van der Waals surface area contributed by atoms with Crippen molar-refractivity contribution in [1.29, 1.82) is 0 Å². The highest BCUT2D eigenvalue weighted by Crippen LogP contribution is 2.21. The van der Waals surface area contributed by atoms with Crippen LogP contribution in [-0.4, -0.2) is 22.5 Å². The molecule has 0 N–H and O–H groups in total. The molecule has 1 aliphatic rings. The number of nitrogens with zero attached hydrogens (tertiary/aromatic N) is 3. The van der Waals surface area contributed by atoms with E-state index in [2.05, 4.69) is 53.0 Å². The van der Waals surface area contributed by atoms with E-state index < -0.39 is 0 Å². The van der Waals surface area contributed by atoms with Crippen molar-refractivity contribution in [2.45, 2.75) is 39.2 Å². The van der Waals surface area contributed by atoms with E-state index in [0.717, 1.165) is 13.0 Å². The number of hydrogen-bond acceptors (Lipinski definition) is 2. The monoisotopic (exact) mass is 255 g/mol. The summed E-state index contributed by atoms with van der Waals surface area (Å²) < 4.78 is 2.11. The molecule has 1 aromatic heterocycles. The van der Waals surface area contributed by atoms with Crippen LogP contribution in [0.3, 0.4) is 0 Å². The largest absolute Gasteiger partial charge is 0.297 e. The summed E-state index contributed by atoms with van der Waals surface area (Å²) in [5.41, 5.74) is 2.67. The third-order valence-electron chi connectivity index (χ3n) is 3.90. The maximum atomic E-state index is 4.47. The van der Waals surface area contributed by atoms with Gasteiger partial charge in [-0.3, -0.25) is 9.67 Å². The van der Waals surface area contributed by atoms with E-state index in [1.165, 1.54) is 29.3 Å². The fourth-order valence-electron chi connectivity index (χ4n) is 2.76. The van der Waals surface area contributed by atoms with Crippen LogP contribution in [0.25, 0.3) is 10.9 Å². The van der Waals surface area contributed by atoms with Gasteiger partial charge in [-0.25, -0.2) is 0 Å². The molecule has 1 unspecified atom stereocenters. The smallest absolute Gasteiger partial charge is 0.0688 e. The maximum Gasteiger partial charge on any atom is 0.0688 e. The lowest BCUT2D eigenvalue weighted by molar-refractivity contribution is 0.550. The van der Waals surface area contributed by atoms with Gasteiger partial charge in [0.25, 0.3) is 0 Å². The molecule has 19 heavy (non-hydrogen) atoms. The molecule has 1 atom stereocenters. The molecule has 2 aromatic rings. The SMILES string of the molecule is CC(C)n1ncc2ccc(CCC3C=NCC3)cc21. The van der Waals surface area contributed by atoms with E-state index in [1.54, 1.807) is 0 Å². The number of aryl methyl sites for hydroxylation is 1. The standard InChI is InChI=1S/C16H21N3/c1-12(2)19-16-9-13(5-6-15(16)11-18-19)3-4-14-7-8-17-10-14/h5-6,9-12,14H,3-4,7-8H2,1-2H3. The number of benzene rings is 1. The second-order valence-corrected chi connectivity index (χ2v) is 5.72. The Hall–Kier alpha value is -1.64. The van der Waals surface area contributed by atoms with E-state index in [0.29, 0.717) is 12.0 Å². The quantitative estimate of drug-likeness (QED) is 0.820. The minimum atomic E-state index is 0.412. The molecule has 0 aliphatic carbocycles. The van der Waals surface area contributed by atoms with Gasteiger partial charge in [0.2, 0.25) is 0 Å². The molecule has 3 nitrogen and oxygen atoms in total. The molecular weight excluding hydrogens is 234 g/mol. The summed E-state index contributed by atoms with van der Waals surface area (Å²) in [7, 11) is 0. The summed E-state index contributed by atoms with van der Waals surface area (Å²) in [5, 5.41) is 5.70. The van der Waals surface area contributed by atoms with Crippen molar-refractivity contribution in [3.63, 3.8) is 0 Å². The molecule has 0 saturated heterocycles. The van der Waals surface area contributed by atoms with Gasteiger partial charge in [-0.15, -0.1) is 0 Å². The Morgan fingerprint density at radius 2 is 2.26 bits per heavy atom. The zero-order valence-electron chi connectivity index (χ0n) is 11.7. The number of aliphatic imine (C=N–C) groups is 1. The van der Waals surface area contributed by atoms with Crippen molar-refractivity contribution >= 4 is 17.1 Å². The highest BCUT2D eigenvalue weighted by atomic mass is 15.3. The number of rotatable bonds is 4. The van der Waals surface area contributed by atoms with Crippen LogP contribution in [0.15, 0.2) is 29.4 Å². The van der Waals surface area contributed by atoms with Gasteiger partial charge >= 0.3 is 0 Å². The Balaban J connectivity index is 1.79. The van der Waals surface area contributed by atoms with E-state index in [-0.39, 0.29) is 0 Å². The van der Waals surface area contributed by atoms with Crippen LogP contribution < -0.4 is 0 Å². The van der Waals surface area contributed by atoms with Crippen molar-refractivity contribution in [2.24, 2.45) is 10.9 Å². The molecule has 0 saturated carbocycles. The molecule has 3 heteroatoms. The Labute approximate surface area is 114 Å². The zero-order chi connectivity index (χ0) is 13.2. The molecule has 1 aliphatic heterocycles. The van der Waals surface area contributed by atoms with Crippen molar-refractivity contribution in [3.8, 4) is 0 Å². The van der Waals surface area contributed by atoms with Crippen molar-refractivity contribution in [1.82, 2.24) is 9.78 Å². The number of hydrogen-bond donors (Lipinski definition) is 0. The first-order chi connectivity index (χ1) is 9.24.